The Labute approximate surface area is 67.4 Å². The number of nitrogens with one attached hydrogen (secondary N) is 1. The molecule has 0 spiro atoms. The lowest BCUT2D eigenvalue weighted by Gasteiger charge is -2.01. The van der Waals surface area contributed by atoms with Crippen LogP contribution in [0.3, 0.4) is 0 Å². The van der Waals surface area contributed by atoms with E-state index >= 15 is 0 Å². The fourth-order valence-electron chi connectivity index (χ4n) is 1.41. The molecule has 0 aromatic carbocycles. The zero-order valence-corrected chi connectivity index (χ0v) is 6.97. The van der Waals surface area contributed by atoms with Gasteiger partial charge in [0.05, 0.1) is 0 Å². The minimum absolute atomic E-state index is 0.295. The van der Waals surface area contributed by atoms with Crippen LogP contribution >= 0.6 is 0 Å². The van der Waals surface area contributed by atoms with Gasteiger partial charge in [0.1, 0.15) is 0 Å². The third-order valence-electron chi connectivity index (χ3n) is 2.76. The first-order chi connectivity index (χ1) is 5.27. The van der Waals surface area contributed by atoms with Gasteiger partial charge in [-0.05, 0) is 31.1 Å². The Balaban J connectivity index is 1.62. The van der Waals surface area contributed by atoms with Crippen LogP contribution in [0.2, 0.25) is 0 Å². The highest BCUT2D eigenvalue weighted by Gasteiger charge is 2.34. The van der Waals surface area contributed by atoms with E-state index in [0.717, 1.165) is 31.2 Å². The average molecular weight is 153 g/mol. The summed E-state index contributed by atoms with van der Waals surface area (Å²) < 4.78 is 0. The van der Waals surface area contributed by atoms with Crippen LogP contribution in [-0.2, 0) is 4.79 Å². The second-order valence-electron chi connectivity index (χ2n) is 3.99. The van der Waals surface area contributed by atoms with Crippen LogP contribution in [0.4, 0.5) is 0 Å². The molecule has 1 amide bonds. The van der Waals surface area contributed by atoms with Crippen LogP contribution in [0, 0.1) is 17.8 Å². The predicted octanol–water partition coefficient (Wildman–Crippen LogP) is 1.17. The van der Waals surface area contributed by atoms with Gasteiger partial charge in [-0.2, -0.15) is 0 Å². The van der Waals surface area contributed by atoms with E-state index in [-0.39, 0.29) is 0 Å². The molecule has 0 aromatic heterocycles. The van der Waals surface area contributed by atoms with Crippen molar-refractivity contribution in [2.24, 2.45) is 17.8 Å². The molecule has 1 N–H and O–H groups in total. The Morgan fingerprint density at radius 1 is 1.55 bits per heavy atom. The van der Waals surface area contributed by atoms with E-state index in [4.69, 9.17) is 0 Å². The van der Waals surface area contributed by atoms with Gasteiger partial charge < -0.3 is 5.32 Å². The summed E-state index contributed by atoms with van der Waals surface area (Å²) in [5, 5.41) is 3.00. The van der Waals surface area contributed by atoms with Gasteiger partial charge >= 0.3 is 0 Å². The molecule has 11 heavy (non-hydrogen) atoms. The lowest BCUT2D eigenvalue weighted by Crippen LogP contribution is -2.27. The fourth-order valence-corrected chi connectivity index (χ4v) is 1.41. The topological polar surface area (TPSA) is 29.1 Å². The lowest BCUT2D eigenvalue weighted by atomic mass is 10.3. The molecule has 0 radical (unpaired) electrons. The summed E-state index contributed by atoms with van der Waals surface area (Å²) in [7, 11) is 0. The van der Waals surface area contributed by atoms with Crippen LogP contribution in [-0.4, -0.2) is 12.5 Å². The van der Waals surface area contributed by atoms with E-state index in [1.807, 2.05) is 0 Å². The Morgan fingerprint density at radius 2 is 2.18 bits per heavy atom. The zero-order valence-electron chi connectivity index (χ0n) is 6.97. The fraction of sp³-hybridized carbons (Fsp3) is 0.889. The summed E-state index contributed by atoms with van der Waals surface area (Å²) in [6.45, 7) is 3.17. The lowest BCUT2D eigenvalue weighted by molar-refractivity contribution is -0.122. The molecule has 2 aliphatic carbocycles. The van der Waals surface area contributed by atoms with E-state index in [0.29, 0.717) is 11.8 Å². The van der Waals surface area contributed by atoms with E-state index in [2.05, 4.69) is 12.2 Å². The highest BCUT2D eigenvalue weighted by molar-refractivity contribution is 5.80. The molecule has 2 saturated carbocycles. The zero-order chi connectivity index (χ0) is 7.84. The molecule has 0 heterocycles. The standard InChI is InChI=1S/C9H15NO/c1-6-4-8(6)5-10-9(11)7-2-3-7/h6-8H,2-5H2,1H3,(H,10,11). The summed E-state index contributed by atoms with van der Waals surface area (Å²) >= 11 is 0. The molecule has 0 aliphatic heterocycles. The van der Waals surface area contributed by atoms with Crippen molar-refractivity contribution in [1.29, 1.82) is 0 Å². The number of carbonyl (C=O) groups is 1. The van der Waals surface area contributed by atoms with E-state index in [9.17, 15) is 4.79 Å². The molecule has 0 aromatic rings. The Hall–Kier alpha value is -0.530. The maximum Gasteiger partial charge on any atom is 0.223 e. The normalized spacial score (nSPS) is 35.0. The summed E-state index contributed by atoms with van der Waals surface area (Å²) in [5.41, 5.74) is 0. The molecule has 2 fully saturated rings. The predicted molar refractivity (Wildman–Crippen MR) is 43.0 cm³/mol. The number of hydrogen-bond donors (Lipinski definition) is 1. The average Bonchev–Trinajstić information content (AvgIpc) is 2.77. The number of carbonyl (C=O) groups excluding carboxylic acids is 1. The molecular weight excluding hydrogens is 138 g/mol. The van der Waals surface area contributed by atoms with Gasteiger partial charge in [0.15, 0.2) is 0 Å². The van der Waals surface area contributed by atoms with Crippen molar-refractivity contribution in [3.05, 3.63) is 0 Å². The Morgan fingerprint density at radius 3 is 2.64 bits per heavy atom. The third kappa shape index (κ3) is 1.73. The van der Waals surface area contributed by atoms with Gasteiger partial charge in [-0.25, -0.2) is 0 Å². The van der Waals surface area contributed by atoms with Crippen molar-refractivity contribution < 1.29 is 4.79 Å². The van der Waals surface area contributed by atoms with Gasteiger partial charge in [0.25, 0.3) is 0 Å². The molecule has 2 atom stereocenters. The van der Waals surface area contributed by atoms with Gasteiger partial charge in [0.2, 0.25) is 5.91 Å². The third-order valence-corrected chi connectivity index (χ3v) is 2.76. The molecule has 2 nitrogen and oxygen atoms in total. The highest BCUT2D eigenvalue weighted by Crippen LogP contribution is 2.37. The van der Waals surface area contributed by atoms with Crippen molar-refractivity contribution in [3.8, 4) is 0 Å². The van der Waals surface area contributed by atoms with Crippen molar-refractivity contribution >= 4 is 5.91 Å². The maximum atomic E-state index is 11.1. The van der Waals surface area contributed by atoms with Crippen molar-refractivity contribution in [2.75, 3.05) is 6.54 Å². The monoisotopic (exact) mass is 153 g/mol. The minimum atomic E-state index is 0.295. The summed E-state index contributed by atoms with van der Waals surface area (Å²) in [6, 6.07) is 0. The van der Waals surface area contributed by atoms with Crippen LogP contribution < -0.4 is 5.32 Å². The second-order valence-corrected chi connectivity index (χ2v) is 3.99. The Bertz CT molecular complexity index is 174. The molecule has 2 heteroatoms. The number of amides is 1. The maximum absolute atomic E-state index is 11.1. The smallest absolute Gasteiger partial charge is 0.223 e. The highest BCUT2D eigenvalue weighted by atomic mass is 16.2. The SMILES string of the molecule is CC1CC1CNC(=O)C1CC1. The molecule has 62 valence electrons. The van der Waals surface area contributed by atoms with Gasteiger partial charge in [0, 0.05) is 12.5 Å². The number of hydrogen-bond acceptors (Lipinski definition) is 1. The first-order valence-electron chi connectivity index (χ1n) is 4.55. The van der Waals surface area contributed by atoms with Crippen molar-refractivity contribution in [1.82, 2.24) is 5.32 Å². The van der Waals surface area contributed by atoms with Crippen LogP contribution in [0.1, 0.15) is 26.2 Å². The molecule has 2 unspecified atom stereocenters. The van der Waals surface area contributed by atoms with Crippen molar-refractivity contribution in [3.63, 3.8) is 0 Å². The van der Waals surface area contributed by atoms with Gasteiger partial charge in [-0.3, -0.25) is 4.79 Å². The summed E-state index contributed by atoms with van der Waals surface area (Å²) in [4.78, 5) is 11.1. The molecule has 0 saturated heterocycles. The van der Waals surface area contributed by atoms with Gasteiger partial charge in [-0.1, -0.05) is 6.92 Å². The van der Waals surface area contributed by atoms with Gasteiger partial charge in [-0.15, -0.1) is 0 Å². The minimum Gasteiger partial charge on any atom is -0.356 e. The van der Waals surface area contributed by atoms with E-state index < -0.39 is 0 Å². The van der Waals surface area contributed by atoms with Crippen LogP contribution in [0.15, 0.2) is 0 Å². The molecule has 2 rings (SSSR count). The second kappa shape index (κ2) is 2.50. The first kappa shape index (κ1) is 7.14. The van der Waals surface area contributed by atoms with E-state index in [1.165, 1.54) is 6.42 Å². The van der Waals surface area contributed by atoms with E-state index in [1.54, 1.807) is 0 Å². The molecule has 0 bridgehead atoms. The number of rotatable bonds is 3. The molecular formula is C9H15NO. The molecule has 2 aliphatic rings. The summed E-state index contributed by atoms with van der Waals surface area (Å²) in [6.07, 6.45) is 3.54. The largest absolute Gasteiger partial charge is 0.356 e. The van der Waals surface area contributed by atoms with Crippen molar-refractivity contribution in [2.45, 2.75) is 26.2 Å². The quantitative estimate of drug-likeness (QED) is 0.648. The first-order valence-corrected chi connectivity index (χ1v) is 4.55. The summed E-state index contributed by atoms with van der Waals surface area (Å²) in [5.74, 6) is 2.32. The van der Waals surface area contributed by atoms with Crippen LogP contribution in [0.5, 0.6) is 0 Å². The van der Waals surface area contributed by atoms with Crippen LogP contribution in [0.25, 0.3) is 0 Å². The Kier molecular flexibility index (Phi) is 1.63.